The van der Waals surface area contributed by atoms with Crippen LogP contribution in [0.3, 0.4) is 0 Å². The Morgan fingerprint density at radius 1 is 1.11 bits per heavy atom. The Balaban J connectivity index is 2.37. The molecular weight excluding hydrogens is 301 g/mol. The largest absolute Gasteiger partial charge is 0.368 e. The van der Waals surface area contributed by atoms with Gasteiger partial charge in [0.1, 0.15) is 5.02 Å². The predicted octanol–water partition coefficient (Wildman–Crippen LogP) is 3.90. The summed E-state index contributed by atoms with van der Waals surface area (Å²) in [6.45, 7) is 0. The van der Waals surface area contributed by atoms with Crippen LogP contribution in [0, 0.1) is 5.82 Å². The minimum absolute atomic E-state index is 0.0567. The van der Waals surface area contributed by atoms with Gasteiger partial charge in [-0.25, -0.2) is 9.37 Å². The molecule has 0 fully saturated rings. The molecule has 18 heavy (non-hydrogen) atoms. The molecule has 0 unspecified atom stereocenters. The van der Waals surface area contributed by atoms with Crippen molar-refractivity contribution in [3.8, 4) is 0 Å². The molecule has 1 aromatic carbocycles. The van der Waals surface area contributed by atoms with E-state index in [9.17, 15) is 4.39 Å². The molecule has 0 aliphatic rings. The fourth-order valence-corrected chi connectivity index (χ4v) is 1.86. The van der Waals surface area contributed by atoms with Gasteiger partial charge in [0, 0.05) is 5.69 Å². The average molecular weight is 308 g/mol. The highest BCUT2D eigenvalue weighted by Crippen LogP contribution is 2.30. The molecule has 0 radical (unpaired) electrons. The number of nitrogens with two attached hydrogens (primary N) is 1. The molecule has 3 N–H and O–H groups in total. The molecule has 1 heterocycles. The summed E-state index contributed by atoms with van der Waals surface area (Å²) in [7, 11) is 0. The summed E-state index contributed by atoms with van der Waals surface area (Å²) in [5, 5.41) is 2.87. The van der Waals surface area contributed by atoms with Gasteiger partial charge in [0.05, 0.1) is 16.2 Å². The SMILES string of the molecule is Nc1ncc(Cl)c(Nc2cc(Cl)c(F)c(Cl)c2)n1. The second-order valence-corrected chi connectivity index (χ2v) is 4.53. The second-order valence-electron chi connectivity index (χ2n) is 3.30. The van der Waals surface area contributed by atoms with E-state index in [2.05, 4.69) is 15.3 Å². The Morgan fingerprint density at radius 2 is 1.72 bits per heavy atom. The van der Waals surface area contributed by atoms with Crippen molar-refractivity contribution in [2.24, 2.45) is 0 Å². The molecule has 0 saturated carbocycles. The fraction of sp³-hybridized carbons (Fsp3) is 0. The zero-order valence-electron chi connectivity index (χ0n) is 8.72. The Hall–Kier alpha value is -1.30. The number of rotatable bonds is 2. The third-order valence-electron chi connectivity index (χ3n) is 2.01. The number of benzene rings is 1. The van der Waals surface area contributed by atoms with Crippen LogP contribution >= 0.6 is 34.8 Å². The predicted molar refractivity (Wildman–Crippen MR) is 71.2 cm³/mol. The highest BCUT2D eigenvalue weighted by atomic mass is 35.5. The van der Waals surface area contributed by atoms with E-state index in [0.29, 0.717) is 5.69 Å². The van der Waals surface area contributed by atoms with Crippen LogP contribution in [0.2, 0.25) is 15.1 Å². The van der Waals surface area contributed by atoms with Gasteiger partial charge in [0.25, 0.3) is 0 Å². The van der Waals surface area contributed by atoms with E-state index >= 15 is 0 Å². The molecule has 94 valence electrons. The molecule has 2 aromatic rings. The van der Waals surface area contributed by atoms with E-state index in [1.54, 1.807) is 0 Å². The van der Waals surface area contributed by atoms with Crippen LogP contribution in [0.4, 0.5) is 21.8 Å². The number of halogens is 4. The van der Waals surface area contributed by atoms with Crippen molar-refractivity contribution in [1.29, 1.82) is 0 Å². The molecule has 0 spiro atoms. The molecular formula is C10H6Cl3FN4. The van der Waals surface area contributed by atoms with Crippen molar-refractivity contribution in [2.75, 3.05) is 11.1 Å². The topological polar surface area (TPSA) is 63.8 Å². The molecule has 0 saturated heterocycles. The Bertz CT molecular complexity index is 583. The van der Waals surface area contributed by atoms with E-state index < -0.39 is 5.82 Å². The number of nitrogens with zero attached hydrogens (tertiary/aromatic N) is 2. The monoisotopic (exact) mass is 306 g/mol. The summed E-state index contributed by atoms with van der Waals surface area (Å²) in [6.07, 6.45) is 1.35. The van der Waals surface area contributed by atoms with Crippen molar-refractivity contribution >= 4 is 52.3 Å². The highest BCUT2D eigenvalue weighted by molar-refractivity contribution is 6.35. The van der Waals surface area contributed by atoms with Gasteiger partial charge in [-0.2, -0.15) is 4.98 Å². The molecule has 0 aliphatic heterocycles. The van der Waals surface area contributed by atoms with Crippen molar-refractivity contribution in [2.45, 2.75) is 0 Å². The molecule has 8 heteroatoms. The van der Waals surface area contributed by atoms with Crippen LogP contribution in [0.1, 0.15) is 0 Å². The maximum absolute atomic E-state index is 13.2. The van der Waals surface area contributed by atoms with Gasteiger partial charge >= 0.3 is 0 Å². The summed E-state index contributed by atoms with van der Waals surface area (Å²) < 4.78 is 13.2. The molecule has 0 atom stereocenters. The van der Waals surface area contributed by atoms with Gasteiger partial charge in [0.15, 0.2) is 11.6 Å². The quantitative estimate of drug-likeness (QED) is 0.826. The molecule has 4 nitrogen and oxygen atoms in total. The van der Waals surface area contributed by atoms with Crippen LogP contribution < -0.4 is 11.1 Å². The second kappa shape index (κ2) is 5.14. The molecule has 2 rings (SSSR count). The summed E-state index contributed by atoms with van der Waals surface area (Å²) in [5.74, 6) is -0.346. The van der Waals surface area contributed by atoms with Gasteiger partial charge in [-0.3, -0.25) is 0 Å². The van der Waals surface area contributed by atoms with Gasteiger partial charge in [-0.1, -0.05) is 34.8 Å². The van der Waals surface area contributed by atoms with Gasteiger partial charge in [-0.05, 0) is 12.1 Å². The first-order valence-corrected chi connectivity index (χ1v) is 5.80. The zero-order chi connectivity index (χ0) is 13.3. The molecule has 1 aromatic heterocycles. The van der Waals surface area contributed by atoms with E-state index in [-0.39, 0.29) is 26.8 Å². The first-order valence-electron chi connectivity index (χ1n) is 4.67. The number of hydrogen-bond acceptors (Lipinski definition) is 4. The standard InChI is InChI=1S/C10H6Cl3FN4/c11-5-1-4(2-6(12)8(5)14)17-9-7(13)3-16-10(15)18-9/h1-3H,(H3,15,16,17,18). The number of anilines is 3. The summed E-state index contributed by atoms with van der Waals surface area (Å²) in [6, 6.07) is 2.72. The van der Waals surface area contributed by atoms with Crippen molar-refractivity contribution in [1.82, 2.24) is 9.97 Å². The van der Waals surface area contributed by atoms with E-state index in [0.717, 1.165) is 0 Å². The van der Waals surface area contributed by atoms with Gasteiger partial charge < -0.3 is 11.1 Å². The average Bonchev–Trinajstić information content (AvgIpc) is 2.31. The van der Waals surface area contributed by atoms with Crippen LogP contribution in [0.5, 0.6) is 0 Å². The molecule has 0 amide bonds. The highest BCUT2D eigenvalue weighted by Gasteiger charge is 2.10. The lowest BCUT2D eigenvalue weighted by atomic mass is 10.3. The van der Waals surface area contributed by atoms with Crippen LogP contribution in [-0.2, 0) is 0 Å². The molecule has 0 bridgehead atoms. The van der Waals surface area contributed by atoms with Crippen LogP contribution in [-0.4, -0.2) is 9.97 Å². The fourth-order valence-electron chi connectivity index (χ4n) is 1.23. The smallest absolute Gasteiger partial charge is 0.222 e. The molecule has 0 aliphatic carbocycles. The number of nitrogens with one attached hydrogen (secondary N) is 1. The lowest BCUT2D eigenvalue weighted by Gasteiger charge is -2.09. The van der Waals surface area contributed by atoms with Crippen LogP contribution in [0.15, 0.2) is 18.3 Å². The van der Waals surface area contributed by atoms with Crippen molar-refractivity contribution < 1.29 is 4.39 Å². The lowest BCUT2D eigenvalue weighted by Crippen LogP contribution is -2.00. The minimum Gasteiger partial charge on any atom is -0.368 e. The van der Waals surface area contributed by atoms with Crippen molar-refractivity contribution in [3.05, 3.63) is 39.2 Å². The Labute approximate surface area is 117 Å². The minimum atomic E-state index is -0.683. The zero-order valence-corrected chi connectivity index (χ0v) is 11.0. The first kappa shape index (κ1) is 13.1. The van der Waals surface area contributed by atoms with Crippen LogP contribution in [0.25, 0.3) is 0 Å². The first-order chi connectivity index (χ1) is 8.47. The van der Waals surface area contributed by atoms with E-state index in [1.165, 1.54) is 18.3 Å². The van der Waals surface area contributed by atoms with Crippen molar-refractivity contribution in [3.63, 3.8) is 0 Å². The summed E-state index contributed by atoms with van der Waals surface area (Å²) >= 11 is 17.2. The number of hydrogen-bond donors (Lipinski definition) is 2. The van der Waals surface area contributed by atoms with Gasteiger partial charge in [-0.15, -0.1) is 0 Å². The third kappa shape index (κ3) is 2.75. The van der Waals surface area contributed by atoms with Gasteiger partial charge in [0.2, 0.25) is 5.95 Å². The maximum atomic E-state index is 13.2. The van der Waals surface area contributed by atoms with E-state index in [4.69, 9.17) is 40.5 Å². The Kier molecular flexibility index (Phi) is 3.75. The summed E-state index contributed by atoms with van der Waals surface area (Å²) in [5.41, 5.74) is 5.87. The van der Waals surface area contributed by atoms with E-state index in [1.807, 2.05) is 0 Å². The summed E-state index contributed by atoms with van der Waals surface area (Å²) in [4.78, 5) is 7.61. The number of aromatic nitrogens is 2. The maximum Gasteiger partial charge on any atom is 0.222 e. The lowest BCUT2D eigenvalue weighted by molar-refractivity contribution is 0.629. The third-order valence-corrected chi connectivity index (χ3v) is 2.84. The normalized spacial score (nSPS) is 10.4. The number of nitrogen functional groups attached to an aromatic ring is 1. The Morgan fingerprint density at radius 3 is 2.33 bits per heavy atom.